The highest BCUT2D eigenvalue weighted by molar-refractivity contribution is 5.85. The molecule has 0 saturated heterocycles. The summed E-state index contributed by atoms with van der Waals surface area (Å²) in [5.74, 6) is 1.66. The summed E-state index contributed by atoms with van der Waals surface area (Å²) >= 11 is 0. The van der Waals surface area contributed by atoms with Crippen LogP contribution in [0.2, 0.25) is 0 Å². The van der Waals surface area contributed by atoms with Crippen LogP contribution in [0, 0.1) is 6.92 Å². The molecule has 3 nitrogen and oxygen atoms in total. The summed E-state index contributed by atoms with van der Waals surface area (Å²) < 4.78 is 10.6. The van der Waals surface area contributed by atoms with Crippen LogP contribution in [0.4, 0.5) is 0 Å². The first-order valence-corrected chi connectivity index (χ1v) is 6.70. The summed E-state index contributed by atoms with van der Waals surface area (Å²) in [5, 5.41) is 3.43. The van der Waals surface area contributed by atoms with Crippen molar-refractivity contribution in [3.05, 3.63) is 59.2 Å². The molecule has 1 N–H and O–H groups in total. The van der Waals surface area contributed by atoms with Crippen molar-refractivity contribution >= 4 is 12.4 Å². The molecular weight excluding hydrogens is 286 g/mol. The number of hydrogen-bond acceptors (Lipinski definition) is 3. The van der Waals surface area contributed by atoms with Gasteiger partial charge in [-0.05, 0) is 18.6 Å². The standard InChI is InChI=1S/C17H21NO2.ClH/c1-13-4-6-14(7-5-13)11-18-12-15-8-9-16(19-2)10-17(15)20-3;/h4-10,18H,11-12H2,1-3H3;1H. The average Bonchev–Trinajstić information content (AvgIpc) is 2.49. The van der Waals surface area contributed by atoms with Crippen LogP contribution in [0.5, 0.6) is 11.5 Å². The fourth-order valence-electron chi connectivity index (χ4n) is 2.05. The lowest BCUT2D eigenvalue weighted by atomic mass is 10.1. The molecule has 0 radical (unpaired) electrons. The van der Waals surface area contributed by atoms with Crippen molar-refractivity contribution in [1.29, 1.82) is 0 Å². The molecule has 114 valence electrons. The van der Waals surface area contributed by atoms with Crippen molar-refractivity contribution in [1.82, 2.24) is 5.32 Å². The van der Waals surface area contributed by atoms with Crippen LogP contribution in [0.25, 0.3) is 0 Å². The highest BCUT2D eigenvalue weighted by Gasteiger charge is 2.04. The molecule has 0 bridgehead atoms. The minimum Gasteiger partial charge on any atom is -0.497 e. The number of aryl methyl sites for hydroxylation is 1. The van der Waals surface area contributed by atoms with Crippen molar-refractivity contribution < 1.29 is 9.47 Å². The first-order valence-electron chi connectivity index (χ1n) is 6.70. The predicted octanol–water partition coefficient (Wildman–Crippen LogP) is 3.72. The fourth-order valence-corrected chi connectivity index (χ4v) is 2.05. The number of ether oxygens (including phenoxy) is 2. The summed E-state index contributed by atoms with van der Waals surface area (Å²) in [7, 11) is 3.34. The molecule has 2 rings (SSSR count). The lowest BCUT2D eigenvalue weighted by Crippen LogP contribution is -2.13. The van der Waals surface area contributed by atoms with Crippen molar-refractivity contribution in [2.24, 2.45) is 0 Å². The zero-order valence-electron chi connectivity index (χ0n) is 12.7. The van der Waals surface area contributed by atoms with Crippen molar-refractivity contribution in [3.8, 4) is 11.5 Å². The minimum atomic E-state index is 0. The van der Waals surface area contributed by atoms with Gasteiger partial charge in [0.05, 0.1) is 14.2 Å². The van der Waals surface area contributed by atoms with Crippen LogP contribution in [0.3, 0.4) is 0 Å². The Kier molecular flexibility index (Phi) is 7.06. The lowest BCUT2D eigenvalue weighted by Gasteiger charge is -2.11. The second kappa shape index (κ2) is 8.55. The number of hydrogen-bond donors (Lipinski definition) is 1. The highest BCUT2D eigenvalue weighted by atomic mass is 35.5. The predicted molar refractivity (Wildman–Crippen MR) is 88.5 cm³/mol. The Morgan fingerprint density at radius 2 is 1.62 bits per heavy atom. The summed E-state index contributed by atoms with van der Waals surface area (Å²) in [6, 6.07) is 14.4. The smallest absolute Gasteiger partial charge is 0.127 e. The molecule has 0 atom stereocenters. The van der Waals surface area contributed by atoms with E-state index in [1.165, 1.54) is 11.1 Å². The molecule has 21 heavy (non-hydrogen) atoms. The van der Waals surface area contributed by atoms with Crippen LogP contribution < -0.4 is 14.8 Å². The summed E-state index contributed by atoms with van der Waals surface area (Å²) in [4.78, 5) is 0. The fraction of sp³-hybridized carbons (Fsp3) is 0.294. The molecule has 2 aromatic carbocycles. The molecule has 0 aliphatic heterocycles. The normalized spacial score (nSPS) is 9.86. The number of nitrogens with one attached hydrogen (secondary N) is 1. The van der Waals surface area contributed by atoms with Crippen LogP contribution in [-0.4, -0.2) is 14.2 Å². The molecule has 0 saturated carbocycles. The van der Waals surface area contributed by atoms with Gasteiger partial charge in [-0.2, -0.15) is 0 Å². The third kappa shape index (κ3) is 4.96. The van der Waals surface area contributed by atoms with Gasteiger partial charge in [-0.15, -0.1) is 12.4 Å². The Labute approximate surface area is 132 Å². The Morgan fingerprint density at radius 1 is 0.905 bits per heavy atom. The van der Waals surface area contributed by atoms with E-state index in [4.69, 9.17) is 9.47 Å². The van der Waals surface area contributed by atoms with E-state index in [9.17, 15) is 0 Å². The van der Waals surface area contributed by atoms with E-state index in [0.29, 0.717) is 0 Å². The van der Waals surface area contributed by atoms with E-state index >= 15 is 0 Å². The van der Waals surface area contributed by atoms with Gasteiger partial charge < -0.3 is 14.8 Å². The second-order valence-electron chi connectivity index (χ2n) is 4.77. The third-order valence-corrected chi connectivity index (χ3v) is 3.26. The molecule has 0 fully saturated rings. The quantitative estimate of drug-likeness (QED) is 0.882. The van der Waals surface area contributed by atoms with E-state index in [1.807, 2.05) is 18.2 Å². The lowest BCUT2D eigenvalue weighted by molar-refractivity contribution is 0.390. The topological polar surface area (TPSA) is 30.5 Å². The average molecular weight is 308 g/mol. The van der Waals surface area contributed by atoms with Gasteiger partial charge in [-0.1, -0.05) is 35.9 Å². The second-order valence-corrected chi connectivity index (χ2v) is 4.77. The van der Waals surface area contributed by atoms with E-state index in [0.717, 1.165) is 30.2 Å². The molecule has 0 amide bonds. The van der Waals surface area contributed by atoms with Gasteiger partial charge in [0.1, 0.15) is 11.5 Å². The van der Waals surface area contributed by atoms with Gasteiger partial charge >= 0.3 is 0 Å². The molecule has 0 spiro atoms. The number of halogens is 1. The van der Waals surface area contributed by atoms with E-state index in [2.05, 4.69) is 36.5 Å². The first-order chi connectivity index (χ1) is 9.72. The van der Waals surface area contributed by atoms with Gasteiger partial charge in [0, 0.05) is 24.7 Å². The Balaban J connectivity index is 0.00000220. The molecule has 4 heteroatoms. The maximum absolute atomic E-state index is 5.39. The molecule has 0 aromatic heterocycles. The van der Waals surface area contributed by atoms with Gasteiger partial charge in [0.15, 0.2) is 0 Å². The monoisotopic (exact) mass is 307 g/mol. The molecule has 0 unspecified atom stereocenters. The maximum atomic E-state index is 5.39. The number of benzene rings is 2. The number of rotatable bonds is 6. The summed E-state index contributed by atoms with van der Waals surface area (Å²) in [5.41, 5.74) is 3.69. The van der Waals surface area contributed by atoms with E-state index in [1.54, 1.807) is 14.2 Å². The van der Waals surface area contributed by atoms with Crippen molar-refractivity contribution in [2.45, 2.75) is 20.0 Å². The Bertz CT molecular complexity index is 555. The largest absolute Gasteiger partial charge is 0.497 e. The Morgan fingerprint density at radius 3 is 2.24 bits per heavy atom. The summed E-state index contributed by atoms with van der Waals surface area (Å²) in [6.45, 7) is 3.70. The van der Waals surface area contributed by atoms with Gasteiger partial charge in [-0.3, -0.25) is 0 Å². The molecule has 0 aliphatic rings. The van der Waals surface area contributed by atoms with E-state index < -0.39 is 0 Å². The van der Waals surface area contributed by atoms with Crippen LogP contribution in [0.15, 0.2) is 42.5 Å². The molecular formula is C17H22ClNO2. The minimum absolute atomic E-state index is 0. The SMILES string of the molecule is COc1ccc(CNCc2ccc(C)cc2)c(OC)c1.Cl. The third-order valence-electron chi connectivity index (χ3n) is 3.26. The highest BCUT2D eigenvalue weighted by Crippen LogP contribution is 2.24. The molecule has 2 aromatic rings. The van der Waals surface area contributed by atoms with Crippen LogP contribution in [0.1, 0.15) is 16.7 Å². The zero-order chi connectivity index (χ0) is 14.4. The maximum Gasteiger partial charge on any atom is 0.127 e. The van der Waals surface area contributed by atoms with Crippen molar-refractivity contribution in [2.75, 3.05) is 14.2 Å². The molecule has 0 aliphatic carbocycles. The van der Waals surface area contributed by atoms with Crippen LogP contribution in [-0.2, 0) is 13.1 Å². The van der Waals surface area contributed by atoms with Crippen LogP contribution >= 0.6 is 12.4 Å². The van der Waals surface area contributed by atoms with E-state index in [-0.39, 0.29) is 12.4 Å². The van der Waals surface area contributed by atoms with Gasteiger partial charge in [0.2, 0.25) is 0 Å². The first kappa shape index (κ1) is 17.3. The zero-order valence-corrected chi connectivity index (χ0v) is 13.5. The van der Waals surface area contributed by atoms with Crippen molar-refractivity contribution in [3.63, 3.8) is 0 Å². The Hall–Kier alpha value is -1.71. The summed E-state index contributed by atoms with van der Waals surface area (Å²) in [6.07, 6.45) is 0. The van der Waals surface area contributed by atoms with Gasteiger partial charge in [0.25, 0.3) is 0 Å². The molecule has 0 heterocycles. The number of methoxy groups -OCH3 is 2. The van der Waals surface area contributed by atoms with Gasteiger partial charge in [-0.25, -0.2) is 0 Å².